The van der Waals surface area contributed by atoms with Crippen molar-refractivity contribution in [3.8, 4) is 0 Å². The predicted molar refractivity (Wildman–Crippen MR) is 82.7 cm³/mol. The van der Waals surface area contributed by atoms with Crippen molar-refractivity contribution < 1.29 is 8.42 Å². The van der Waals surface area contributed by atoms with Crippen molar-refractivity contribution in [1.82, 2.24) is 13.9 Å². The Morgan fingerprint density at radius 2 is 2.05 bits per heavy atom. The molecule has 2 aromatic rings. The number of aromatic nitrogens is 2. The van der Waals surface area contributed by atoms with Crippen LogP contribution in [0.5, 0.6) is 0 Å². The molecule has 114 valence electrons. The molecule has 0 atom stereocenters. The fourth-order valence-electron chi connectivity index (χ4n) is 1.89. The van der Waals surface area contributed by atoms with E-state index in [0.717, 1.165) is 4.31 Å². The number of anilines is 1. The number of nitrogens with zero attached hydrogens (tertiary/aromatic N) is 3. The molecule has 0 saturated carbocycles. The van der Waals surface area contributed by atoms with E-state index >= 15 is 0 Å². The van der Waals surface area contributed by atoms with Crippen molar-refractivity contribution in [2.75, 3.05) is 12.8 Å². The lowest BCUT2D eigenvalue weighted by Crippen LogP contribution is -2.28. The van der Waals surface area contributed by atoms with Gasteiger partial charge in [0.2, 0.25) is 0 Å². The second-order valence-corrected chi connectivity index (χ2v) is 7.27. The minimum atomic E-state index is -3.78. The Kier molecular flexibility index (Phi) is 4.48. The number of hydrogen-bond donors (Lipinski definition) is 1. The van der Waals surface area contributed by atoms with Crippen molar-refractivity contribution in [2.45, 2.75) is 11.6 Å². The number of hydrogen-bond acceptors (Lipinski definition) is 4. The van der Waals surface area contributed by atoms with Crippen LogP contribution in [0.25, 0.3) is 0 Å². The lowest BCUT2D eigenvalue weighted by molar-refractivity contribution is 0.461. The Labute approximate surface area is 133 Å². The number of nitrogen functional groups attached to an aromatic ring is 1. The molecule has 0 unspecified atom stereocenters. The standard InChI is InChI=1S/C12H14Cl2N4O2S/c1-17-7-16-11(15)12(17)21(19,20)18(2)6-8-4-3-5-9(13)10(8)14/h3-5,7H,6,15H2,1-2H3. The summed E-state index contributed by atoms with van der Waals surface area (Å²) >= 11 is 12.0. The van der Waals surface area contributed by atoms with E-state index in [4.69, 9.17) is 28.9 Å². The summed E-state index contributed by atoms with van der Waals surface area (Å²) in [6.45, 7) is 0.0757. The monoisotopic (exact) mass is 348 g/mol. The second-order valence-electron chi connectivity index (χ2n) is 4.52. The Balaban J connectivity index is 2.36. The summed E-state index contributed by atoms with van der Waals surface area (Å²) in [5.74, 6) is -0.0402. The first-order chi connectivity index (χ1) is 9.75. The van der Waals surface area contributed by atoms with E-state index in [2.05, 4.69) is 4.98 Å². The summed E-state index contributed by atoms with van der Waals surface area (Å²) in [5.41, 5.74) is 6.24. The molecule has 0 bridgehead atoms. The maximum atomic E-state index is 12.5. The molecule has 0 aliphatic carbocycles. The molecule has 0 fully saturated rings. The number of halogens is 2. The summed E-state index contributed by atoms with van der Waals surface area (Å²) in [6, 6.07) is 5.07. The molecule has 0 amide bonds. The Morgan fingerprint density at radius 1 is 1.38 bits per heavy atom. The van der Waals surface area contributed by atoms with Crippen molar-refractivity contribution in [2.24, 2.45) is 7.05 Å². The number of benzene rings is 1. The zero-order chi connectivity index (χ0) is 15.8. The summed E-state index contributed by atoms with van der Waals surface area (Å²) < 4.78 is 27.6. The molecule has 2 rings (SSSR count). The van der Waals surface area contributed by atoms with Crippen LogP contribution < -0.4 is 5.73 Å². The maximum absolute atomic E-state index is 12.5. The fraction of sp³-hybridized carbons (Fsp3) is 0.250. The van der Waals surface area contributed by atoms with Crippen molar-refractivity contribution in [3.05, 3.63) is 40.1 Å². The van der Waals surface area contributed by atoms with Crippen molar-refractivity contribution >= 4 is 39.0 Å². The number of imidazole rings is 1. The van der Waals surface area contributed by atoms with Gasteiger partial charge in [-0.3, -0.25) is 0 Å². The molecule has 21 heavy (non-hydrogen) atoms. The van der Waals surface area contributed by atoms with E-state index < -0.39 is 10.0 Å². The highest BCUT2D eigenvalue weighted by Gasteiger charge is 2.27. The third kappa shape index (κ3) is 3.01. The number of aryl methyl sites for hydroxylation is 1. The predicted octanol–water partition coefficient (Wildman–Crippen LogP) is 2.13. The average Bonchev–Trinajstić information content (AvgIpc) is 2.75. The summed E-state index contributed by atoms with van der Waals surface area (Å²) in [7, 11) is -0.768. The van der Waals surface area contributed by atoms with Gasteiger partial charge >= 0.3 is 0 Å². The minimum absolute atomic E-state index is 0.0402. The molecular formula is C12H14Cl2N4O2S. The first-order valence-electron chi connectivity index (χ1n) is 5.91. The summed E-state index contributed by atoms with van der Waals surface area (Å²) in [5, 5.41) is 0.655. The van der Waals surface area contributed by atoms with Crippen molar-refractivity contribution in [1.29, 1.82) is 0 Å². The zero-order valence-electron chi connectivity index (χ0n) is 11.4. The highest BCUT2D eigenvalue weighted by atomic mass is 35.5. The fourth-order valence-corrected chi connectivity index (χ4v) is 3.61. The highest BCUT2D eigenvalue weighted by Crippen LogP contribution is 2.28. The third-order valence-electron chi connectivity index (χ3n) is 2.99. The van der Waals surface area contributed by atoms with E-state index in [0.29, 0.717) is 15.6 Å². The van der Waals surface area contributed by atoms with Crippen LogP contribution in [0.15, 0.2) is 29.6 Å². The van der Waals surface area contributed by atoms with Gasteiger partial charge in [0, 0.05) is 20.6 Å². The van der Waals surface area contributed by atoms with Gasteiger partial charge in [-0.05, 0) is 11.6 Å². The van der Waals surface area contributed by atoms with Gasteiger partial charge in [0.05, 0.1) is 16.4 Å². The van der Waals surface area contributed by atoms with Crippen LogP contribution in [0.4, 0.5) is 5.82 Å². The van der Waals surface area contributed by atoms with Crippen LogP contribution in [0.2, 0.25) is 10.0 Å². The van der Waals surface area contributed by atoms with Gasteiger partial charge in [0.1, 0.15) is 0 Å². The average molecular weight is 349 g/mol. The molecular weight excluding hydrogens is 335 g/mol. The van der Waals surface area contributed by atoms with Crippen LogP contribution in [-0.4, -0.2) is 29.3 Å². The van der Waals surface area contributed by atoms with E-state index in [1.165, 1.54) is 17.9 Å². The first-order valence-corrected chi connectivity index (χ1v) is 8.10. The van der Waals surface area contributed by atoms with Gasteiger partial charge in [0.25, 0.3) is 10.0 Å². The van der Waals surface area contributed by atoms with Gasteiger partial charge in [0.15, 0.2) is 10.8 Å². The molecule has 9 heteroatoms. The molecule has 0 aliphatic rings. The number of sulfonamides is 1. The normalized spacial score (nSPS) is 12.0. The zero-order valence-corrected chi connectivity index (χ0v) is 13.7. The summed E-state index contributed by atoms with van der Waals surface area (Å²) in [6.07, 6.45) is 1.35. The van der Waals surface area contributed by atoms with Gasteiger partial charge < -0.3 is 10.3 Å². The molecule has 2 N–H and O–H groups in total. The number of nitrogens with two attached hydrogens (primary N) is 1. The van der Waals surface area contributed by atoms with Crippen LogP contribution >= 0.6 is 23.2 Å². The largest absolute Gasteiger partial charge is 0.381 e. The van der Waals surface area contributed by atoms with Gasteiger partial charge in [-0.2, -0.15) is 4.31 Å². The first kappa shape index (κ1) is 16.1. The Hall–Kier alpha value is -1.28. The molecule has 1 aromatic heterocycles. The van der Waals surface area contributed by atoms with Gasteiger partial charge in [-0.15, -0.1) is 0 Å². The molecule has 1 aromatic carbocycles. The van der Waals surface area contributed by atoms with E-state index in [9.17, 15) is 8.42 Å². The molecule has 0 saturated heterocycles. The Morgan fingerprint density at radius 3 is 2.62 bits per heavy atom. The van der Waals surface area contributed by atoms with E-state index in [1.807, 2.05) is 0 Å². The molecule has 0 spiro atoms. The summed E-state index contributed by atoms with van der Waals surface area (Å²) in [4.78, 5) is 3.79. The lowest BCUT2D eigenvalue weighted by atomic mass is 10.2. The molecule has 0 aliphatic heterocycles. The quantitative estimate of drug-likeness (QED) is 0.917. The topological polar surface area (TPSA) is 81.2 Å². The maximum Gasteiger partial charge on any atom is 0.262 e. The molecule has 6 nitrogen and oxygen atoms in total. The van der Waals surface area contributed by atoms with E-state index in [1.54, 1.807) is 25.2 Å². The van der Waals surface area contributed by atoms with Crippen LogP contribution in [0.1, 0.15) is 5.56 Å². The van der Waals surface area contributed by atoms with Gasteiger partial charge in [-0.1, -0.05) is 35.3 Å². The SMILES string of the molecule is CN(Cc1cccc(Cl)c1Cl)S(=O)(=O)c1c(N)ncn1C. The number of rotatable bonds is 4. The smallest absolute Gasteiger partial charge is 0.262 e. The highest BCUT2D eigenvalue weighted by molar-refractivity contribution is 7.89. The Bertz CT molecular complexity index is 754. The van der Waals surface area contributed by atoms with Crippen molar-refractivity contribution in [3.63, 3.8) is 0 Å². The van der Waals surface area contributed by atoms with Crippen LogP contribution in [0.3, 0.4) is 0 Å². The lowest BCUT2D eigenvalue weighted by Gasteiger charge is -2.18. The minimum Gasteiger partial charge on any atom is -0.381 e. The second kappa shape index (κ2) is 5.84. The third-order valence-corrected chi connectivity index (χ3v) is 5.78. The molecule has 1 heterocycles. The molecule has 0 radical (unpaired) electrons. The van der Waals surface area contributed by atoms with E-state index in [-0.39, 0.29) is 17.4 Å². The van der Waals surface area contributed by atoms with Crippen LogP contribution in [-0.2, 0) is 23.6 Å². The van der Waals surface area contributed by atoms with Crippen LogP contribution in [0, 0.1) is 0 Å². The van der Waals surface area contributed by atoms with Gasteiger partial charge in [-0.25, -0.2) is 13.4 Å².